The topological polar surface area (TPSA) is 147 Å². The minimum absolute atomic E-state index is 0.0520. The number of anilines is 1. The van der Waals surface area contributed by atoms with E-state index in [0.717, 1.165) is 6.07 Å². The summed E-state index contributed by atoms with van der Waals surface area (Å²) in [5, 5.41) is 18.2. The summed E-state index contributed by atoms with van der Waals surface area (Å²) in [5.74, 6) is -0.0984. The SMILES string of the molecule is CCc1c(C)c(N=Nc2cc(S(=O)(=O)O)c(N)cc2C)c(=O)n(CC)c1O. The van der Waals surface area contributed by atoms with E-state index in [1.165, 1.54) is 10.6 Å². The smallest absolute Gasteiger partial charge is 0.296 e. The van der Waals surface area contributed by atoms with Crippen molar-refractivity contribution in [2.45, 2.75) is 45.6 Å². The van der Waals surface area contributed by atoms with Crippen molar-refractivity contribution in [2.24, 2.45) is 10.2 Å². The number of benzene rings is 1. The standard InChI is InChI=1S/C17H22N4O5S/c1-5-11-10(4)15(17(23)21(6-2)16(11)22)20-19-13-8-14(27(24,25)26)12(18)7-9(13)3/h7-8,22H,5-6,18H2,1-4H3,(H,24,25,26). The van der Waals surface area contributed by atoms with Gasteiger partial charge in [-0.05, 0) is 50.5 Å². The van der Waals surface area contributed by atoms with Gasteiger partial charge in [0.15, 0.2) is 11.6 Å². The number of nitrogens with zero attached hydrogens (tertiary/aromatic N) is 3. The number of rotatable bonds is 5. The maximum atomic E-state index is 12.6. The van der Waals surface area contributed by atoms with Crippen LogP contribution >= 0.6 is 0 Å². The molecule has 0 bridgehead atoms. The van der Waals surface area contributed by atoms with E-state index < -0.39 is 20.6 Å². The third kappa shape index (κ3) is 3.86. The van der Waals surface area contributed by atoms with E-state index in [4.69, 9.17) is 5.73 Å². The third-order valence-electron chi connectivity index (χ3n) is 4.31. The molecule has 4 N–H and O–H groups in total. The zero-order valence-electron chi connectivity index (χ0n) is 15.5. The van der Waals surface area contributed by atoms with Gasteiger partial charge in [-0.2, -0.15) is 13.5 Å². The van der Waals surface area contributed by atoms with Gasteiger partial charge in [0, 0.05) is 12.1 Å². The Balaban J connectivity index is 2.68. The van der Waals surface area contributed by atoms with Crippen molar-refractivity contribution in [3.8, 4) is 5.88 Å². The average molecular weight is 394 g/mol. The van der Waals surface area contributed by atoms with Gasteiger partial charge in [0.25, 0.3) is 15.7 Å². The molecule has 0 unspecified atom stereocenters. The number of pyridine rings is 1. The predicted octanol–water partition coefficient (Wildman–Crippen LogP) is 3.00. The molecule has 0 aliphatic rings. The van der Waals surface area contributed by atoms with Crippen LogP contribution in [0.3, 0.4) is 0 Å². The number of hydrogen-bond donors (Lipinski definition) is 3. The van der Waals surface area contributed by atoms with Gasteiger partial charge in [0.2, 0.25) is 0 Å². The first-order chi connectivity index (χ1) is 12.5. The van der Waals surface area contributed by atoms with Gasteiger partial charge in [0.1, 0.15) is 4.90 Å². The summed E-state index contributed by atoms with van der Waals surface area (Å²) in [7, 11) is -4.52. The van der Waals surface area contributed by atoms with Gasteiger partial charge in [-0.25, -0.2) is 0 Å². The normalized spacial score (nSPS) is 12.0. The van der Waals surface area contributed by atoms with E-state index in [2.05, 4.69) is 10.2 Å². The fourth-order valence-electron chi connectivity index (χ4n) is 2.83. The second-order valence-corrected chi connectivity index (χ2v) is 7.42. The van der Waals surface area contributed by atoms with Crippen LogP contribution in [0.2, 0.25) is 0 Å². The molecule has 146 valence electrons. The molecule has 1 aromatic heterocycles. The summed E-state index contributed by atoms with van der Waals surface area (Å²) in [6.45, 7) is 7.13. The summed E-state index contributed by atoms with van der Waals surface area (Å²) < 4.78 is 33.3. The van der Waals surface area contributed by atoms with Crippen molar-refractivity contribution in [3.05, 3.63) is 39.2 Å². The molecule has 0 aliphatic carbocycles. The van der Waals surface area contributed by atoms with Crippen molar-refractivity contribution < 1.29 is 18.1 Å². The third-order valence-corrected chi connectivity index (χ3v) is 5.22. The number of aryl methyl sites for hydroxylation is 1. The summed E-state index contributed by atoms with van der Waals surface area (Å²) in [4.78, 5) is 12.1. The minimum atomic E-state index is -4.52. The van der Waals surface area contributed by atoms with E-state index >= 15 is 0 Å². The largest absolute Gasteiger partial charge is 0.494 e. The van der Waals surface area contributed by atoms with Crippen LogP contribution in [0.5, 0.6) is 5.88 Å². The van der Waals surface area contributed by atoms with Crippen LogP contribution in [0, 0.1) is 13.8 Å². The van der Waals surface area contributed by atoms with Crippen LogP contribution in [0.25, 0.3) is 0 Å². The summed E-state index contributed by atoms with van der Waals surface area (Å²) >= 11 is 0. The average Bonchev–Trinajstić information content (AvgIpc) is 2.56. The monoisotopic (exact) mass is 394 g/mol. The molecule has 9 nitrogen and oxygen atoms in total. The summed E-state index contributed by atoms with van der Waals surface area (Å²) in [6.07, 6.45) is 0.494. The molecule has 0 spiro atoms. The summed E-state index contributed by atoms with van der Waals surface area (Å²) in [5.41, 5.74) is 6.81. The first-order valence-electron chi connectivity index (χ1n) is 8.27. The second-order valence-electron chi connectivity index (χ2n) is 6.03. The van der Waals surface area contributed by atoms with Crippen molar-refractivity contribution in [2.75, 3.05) is 5.73 Å². The first kappa shape index (κ1) is 20.6. The van der Waals surface area contributed by atoms with E-state index in [9.17, 15) is 22.9 Å². The van der Waals surface area contributed by atoms with E-state index in [0.29, 0.717) is 23.1 Å². The van der Waals surface area contributed by atoms with Crippen molar-refractivity contribution in [1.82, 2.24) is 4.57 Å². The Morgan fingerprint density at radius 2 is 1.81 bits per heavy atom. The first-order valence-corrected chi connectivity index (χ1v) is 9.71. The van der Waals surface area contributed by atoms with Gasteiger partial charge in [-0.3, -0.25) is 13.9 Å². The highest BCUT2D eigenvalue weighted by atomic mass is 32.2. The maximum absolute atomic E-state index is 12.6. The lowest BCUT2D eigenvalue weighted by molar-refractivity contribution is 0.404. The number of aromatic nitrogens is 1. The van der Waals surface area contributed by atoms with Gasteiger partial charge >= 0.3 is 0 Å². The van der Waals surface area contributed by atoms with E-state index in [1.807, 2.05) is 6.92 Å². The highest BCUT2D eigenvalue weighted by Gasteiger charge is 2.18. The van der Waals surface area contributed by atoms with Gasteiger partial charge in [-0.15, -0.1) is 5.11 Å². The van der Waals surface area contributed by atoms with E-state index in [-0.39, 0.29) is 29.5 Å². The molecule has 2 rings (SSSR count). The Labute approximate surface area is 156 Å². The molecule has 0 saturated heterocycles. The van der Waals surface area contributed by atoms with Crippen LogP contribution in [0.1, 0.15) is 30.5 Å². The molecule has 0 amide bonds. The molecule has 2 aromatic rings. The number of nitrogens with two attached hydrogens (primary N) is 1. The van der Waals surface area contributed by atoms with Crippen LogP contribution in [0.15, 0.2) is 32.1 Å². The van der Waals surface area contributed by atoms with E-state index in [1.54, 1.807) is 20.8 Å². The summed E-state index contributed by atoms with van der Waals surface area (Å²) in [6, 6.07) is 2.45. The van der Waals surface area contributed by atoms with Crippen LogP contribution in [-0.4, -0.2) is 22.6 Å². The number of aromatic hydroxyl groups is 1. The lowest BCUT2D eigenvalue weighted by Crippen LogP contribution is -2.21. The molecule has 10 heteroatoms. The van der Waals surface area contributed by atoms with Gasteiger partial charge < -0.3 is 10.8 Å². The molecule has 0 aliphatic heterocycles. The number of hydrogen-bond acceptors (Lipinski definition) is 7. The quantitative estimate of drug-likeness (QED) is 0.403. The Morgan fingerprint density at radius 1 is 1.19 bits per heavy atom. The van der Waals surface area contributed by atoms with Crippen LogP contribution < -0.4 is 11.3 Å². The molecular formula is C17H22N4O5S. The molecule has 0 saturated carbocycles. The number of nitrogen functional groups attached to an aromatic ring is 1. The Hall–Kier alpha value is -2.72. The lowest BCUT2D eigenvalue weighted by atomic mass is 10.1. The lowest BCUT2D eigenvalue weighted by Gasteiger charge is -2.14. The maximum Gasteiger partial charge on any atom is 0.296 e. The fourth-order valence-corrected chi connectivity index (χ4v) is 3.44. The molecule has 0 atom stereocenters. The van der Waals surface area contributed by atoms with Crippen LogP contribution in [-0.2, 0) is 23.1 Å². The second kappa shape index (κ2) is 7.49. The molecule has 1 heterocycles. The molecule has 0 fully saturated rings. The Kier molecular flexibility index (Phi) is 5.71. The van der Waals surface area contributed by atoms with Gasteiger partial charge in [0.05, 0.1) is 11.4 Å². The predicted molar refractivity (Wildman–Crippen MR) is 102 cm³/mol. The zero-order chi connectivity index (χ0) is 20.5. The Bertz CT molecular complexity index is 1090. The highest BCUT2D eigenvalue weighted by Crippen LogP contribution is 2.31. The molecule has 0 radical (unpaired) electrons. The van der Waals surface area contributed by atoms with Crippen LogP contribution in [0.4, 0.5) is 17.1 Å². The number of azo groups is 1. The van der Waals surface area contributed by atoms with Crippen molar-refractivity contribution in [1.29, 1.82) is 0 Å². The Morgan fingerprint density at radius 3 is 2.33 bits per heavy atom. The molecule has 1 aromatic carbocycles. The fraction of sp³-hybridized carbons (Fsp3) is 0.353. The highest BCUT2D eigenvalue weighted by molar-refractivity contribution is 7.86. The van der Waals surface area contributed by atoms with Crippen molar-refractivity contribution in [3.63, 3.8) is 0 Å². The van der Waals surface area contributed by atoms with Gasteiger partial charge in [-0.1, -0.05) is 6.92 Å². The van der Waals surface area contributed by atoms with Crippen molar-refractivity contribution >= 4 is 27.2 Å². The minimum Gasteiger partial charge on any atom is -0.494 e. The molecule has 27 heavy (non-hydrogen) atoms. The molecular weight excluding hydrogens is 372 g/mol. The zero-order valence-corrected chi connectivity index (χ0v) is 16.3.